The summed E-state index contributed by atoms with van der Waals surface area (Å²) in [4.78, 5) is 3.94. The highest BCUT2D eigenvalue weighted by atomic mass is 35.5. The van der Waals surface area contributed by atoms with Gasteiger partial charge in [-0.05, 0) is 29.8 Å². The van der Waals surface area contributed by atoms with Crippen molar-refractivity contribution in [3.63, 3.8) is 0 Å². The van der Waals surface area contributed by atoms with Crippen LogP contribution in [-0.4, -0.2) is 4.98 Å². The molecule has 82 valence electrons. The second-order valence-corrected chi connectivity index (χ2v) is 3.74. The third-order valence-corrected chi connectivity index (χ3v) is 2.34. The van der Waals surface area contributed by atoms with Crippen molar-refractivity contribution in [1.29, 1.82) is 0 Å². The second-order valence-electron chi connectivity index (χ2n) is 3.35. The average Bonchev–Trinajstić information content (AvgIpc) is 2.28. The predicted octanol–water partition coefficient (Wildman–Crippen LogP) is 3.49. The minimum absolute atomic E-state index is 0.228. The summed E-state index contributed by atoms with van der Waals surface area (Å²) in [6.45, 7) is 0.557. The predicted molar refractivity (Wildman–Crippen MR) is 63.0 cm³/mol. The Hall–Kier alpha value is -1.61. The molecule has 0 atom stereocenters. The molecule has 2 nitrogen and oxygen atoms in total. The molecule has 0 unspecified atom stereocenters. The van der Waals surface area contributed by atoms with Crippen molar-refractivity contribution >= 4 is 17.3 Å². The third-order valence-electron chi connectivity index (χ3n) is 2.11. The number of benzene rings is 1. The molecule has 0 bridgehead atoms. The molecule has 0 aliphatic carbocycles. The van der Waals surface area contributed by atoms with Crippen molar-refractivity contribution in [1.82, 2.24) is 4.98 Å². The van der Waals surface area contributed by atoms with Gasteiger partial charge in [-0.2, -0.15) is 0 Å². The molecule has 0 aliphatic heterocycles. The van der Waals surface area contributed by atoms with Gasteiger partial charge in [0.15, 0.2) is 0 Å². The Morgan fingerprint density at radius 2 is 2.12 bits per heavy atom. The largest absolute Gasteiger partial charge is 0.380 e. The number of hydrogen-bond acceptors (Lipinski definition) is 2. The van der Waals surface area contributed by atoms with Crippen LogP contribution in [0.5, 0.6) is 0 Å². The molecule has 0 fully saturated rings. The number of nitrogens with one attached hydrogen (secondary N) is 1. The molecule has 1 heterocycles. The van der Waals surface area contributed by atoms with Gasteiger partial charge in [0.05, 0.1) is 11.9 Å². The third kappa shape index (κ3) is 2.94. The molecule has 0 aliphatic rings. The monoisotopic (exact) mass is 236 g/mol. The van der Waals surface area contributed by atoms with Crippen molar-refractivity contribution in [2.75, 3.05) is 5.32 Å². The summed E-state index contributed by atoms with van der Waals surface area (Å²) < 4.78 is 12.9. The summed E-state index contributed by atoms with van der Waals surface area (Å²) in [5.41, 5.74) is 1.74. The van der Waals surface area contributed by atoms with Crippen LogP contribution >= 0.6 is 11.6 Å². The van der Waals surface area contributed by atoms with Crippen LogP contribution in [0.2, 0.25) is 5.15 Å². The van der Waals surface area contributed by atoms with Crippen LogP contribution in [0.4, 0.5) is 10.1 Å². The molecule has 0 spiro atoms. The van der Waals surface area contributed by atoms with Gasteiger partial charge in [-0.25, -0.2) is 9.37 Å². The topological polar surface area (TPSA) is 24.9 Å². The molecular weight excluding hydrogens is 227 g/mol. The molecule has 16 heavy (non-hydrogen) atoms. The average molecular weight is 237 g/mol. The molecule has 0 saturated heterocycles. The van der Waals surface area contributed by atoms with Crippen molar-refractivity contribution in [3.8, 4) is 0 Å². The maximum atomic E-state index is 12.9. The van der Waals surface area contributed by atoms with E-state index in [1.165, 1.54) is 12.1 Å². The first-order valence-corrected chi connectivity index (χ1v) is 5.22. The van der Waals surface area contributed by atoms with Gasteiger partial charge in [0.25, 0.3) is 0 Å². The van der Waals surface area contributed by atoms with E-state index >= 15 is 0 Å². The minimum atomic E-state index is -0.228. The van der Waals surface area contributed by atoms with Gasteiger partial charge >= 0.3 is 0 Å². The highest BCUT2D eigenvalue weighted by molar-refractivity contribution is 6.29. The van der Waals surface area contributed by atoms with Crippen LogP contribution in [0.25, 0.3) is 0 Å². The van der Waals surface area contributed by atoms with Gasteiger partial charge in [-0.1, -0.05) is 23.7 Å². The number of anilines is 1. The van der Waals surface area contributed by atoms with E-state index in [4.69, 9.17) is 11.6 Å². The summed E-state index contributed by atoms with van der Waals surface area (Å²) in [6.07, 6.45) is 1.64. The second kappa shape index (κ2) is 4.94. The molecule has 1 aromatic carbocycles. The minimum Gasteiger partial charge on any atom is -0.380 e. The molecule has 0 amide bonds. The van der Waals surface area contributed by atoms with E-state index in [9.17, 15) is 4.39 Å². The maximum absolute atomic E-state index is 12.9. The molecule has 2 aromatic rings. The van der Waals surface area contributed by atoms with Crippen LogP contribution in [0.15, 0.2) is 42.6 Å². The Labute approximate surface area is 98.1 Å². The molecule has 4 heteroatoms. The van der Waals surface area contributed by atoms with Gasteiger partial charge in [0, 0.05) is 6.54 Å². The van der Waals surface area contributed by atoms with Crippen LogP contribution < -0.4 is 5.32 Å². The Bertz CT molecular complexity index is 471. The number of pyridine rings is 1. The lowest BCUT2D eigenvalue weighted by Gasteiger charge is -2.05. The van der Waals surface area contributed by atoms with Crippen LogP contribution in [0, 0.1) is 5.82 Å². The lowest BCUT2D eigenvalue weighted by atomic mass is 10.2. The van der Waals surface area contributed by atoms with Gasteiger partial charge in [-0.3, -0.25) is 0 Å². The summed E-state index contributed by atoms with van der Waals surface area (Å²) in [7, 11) is 0. The number of halogens is 2. The molecule has 0 radical (unpaired) electrons. The van der Waals surface area contributed by atoms with E-state index in [1.807, 2.05) is 12.1 Å². The molecule has 1 N–H and O–H groups in total. The van der Waals surface area contributed by atoms with E-state index in [1.54, 1.807) is 18.3 Å². The summed E-state index contributed by atoms with van der Waals surface area (Å²) >= 11 is 5.66. The first kappa shape index (κ1) is 10.9. The van der Waals surface area contributed by atoms with Crippen molar-refractivity contribution in [2.45, 2.75) is 6.54 Å². The van der Waals surface area contributed by atoms with Crippen LogP contribution in [0.3, 0.4) is 0 Å². The standard InChI is InChI=1S/C12H10ClFN2/c13-12-5-4-11(8-16-12)15-7-9-2-1-3-10(14)6-9/h1-6,8,15H,7H2. The number of rotatable bonds is 3. The SMILES string of the molecule is Fc1cccc(CNc2ccc(Cl)nc2)c1. The van der Waals surface area contributed by atoms with Gasteiger partial charge < -0.3 is 5.32 Å². The highest BCUT2D eigenvalue weighted by Crippen LogP contribution is 2.11. The zero-order valence-electron chi connectivity index (χ0n) is 8.45. The van der Waals surface area contributed by atoms with Gasteiger partial charge in [-0.15, -0.1) is 0 Å². The maximum Gasteiger partial charge on any atom is 0.129 e. The van der Waals surface area contributed by atoms with E-state index in [0.29, 0.717) is 11.7 Å². The fourth-order valence-electron chi connectivity index (χ4n) is 1.33. The quantitative estimate of drug-likeness (QED) is 0.826. The number of aromatic nitrogens is 1. The zero-order valence-corrected chi connectivity index (χ0v) is 9.21. The smallest absolute Gasteiger partial charge is 0.129 e. The lowest BCUT2D eigenvalue weighted by Crippen LogP contribution is -1.99. The summed E-state index contributed by atoms with van der Waals surface area (Å²) in [5, 5.41) is 3.58. The normalized spacial score (nSPS) is 10.1. The molecule has 1 aromatic heterocycles. The lowest BCUT2D eigenvalue weighted by molar-refractivity contribution is 0.626. The molecule has 2 rings (SSSR count). The molecular formula is C12H10ClFN2. The first-order chi connectivity index (χ1) is 7.74. The summed E-state index contributed by atoms with van der Waals surface area (Å²) in [5.74, 6) is -0.228. The van der Waals surface area contributed by atoms with E-state index < -0.39 is 0 Å². The summed E-state index contributed by atoms with van der Waals surface area (Å²) in [6, 6.07) is 10.00. The highest BCUT2D eigenvalue weighted by Gasteiger charge is 1.96. The van der Waals surface area contributed by atoms with E-state index in [-0.39, 0.29) is 5.82 Å². The zero-order chi connectivity index (χ0) is 11.4. The Balaban J connectivity index is 1.99. The van der Waals surface area contributed by atoms with Crippen molar-refractivity contribution < 1.29 is 4.39 Å². The van der Waals surface area contributed by atoms with Crippen LogP contribution in [0.1, 0.15) is 5.56 Å². The Morgan fingerprint density at radius 3 is 2.81 bits per heavy atom. The van der Waals surface area contributed by atoms with E-state index in [2.05, 4.69) is 10.3 Å². The Morgan fingerprint density at radius 1 is 1.25 bits per heavy atom. The van der Waals surface area contributed by atoms with Gasteiger partial charge in [0.1, 0.15) is 11.0 Å². The van der Waals surface area contributed by atoms with E-state index in [0.717, 1.165) is 11.3 Å². The van der Waals surface area contributed by atoms with Crippen LogP contribution in [-0.2, 0) is 6.54 Å². The number of hydrogen-bond donors (Lipinski definition) is 1. The van der Waals surface area contributed by atoms with Crippen molar-refractivity contribution in [2.24, 2.45) is 0 Å². The van der Waals surface area contributed by atoms with Gasteiger partial charge in [0.2, 0.25) is 0 Å². The fraction of sp³-hybridized carbons (Fsp3) is 0.0833. The fourth-order valence-corrected chi connectivity index (χ4v) is 1.44. The first-order valence-electron chi connectivity index (χ1n) is 4.84. The Kier molecular flexibility index (Phi) is 3.37. The molecule has 0 saturated carbocycles. The van der Waals surface area contributed by atoms with Crippen molar-refractivity contribution in [3.05, 3.63) is 59.1 Å². The number of nitrogens with zero attached hydrogens (tertiary/aromatic N) is 1.